The van der Waals surface area contributed by atoms with Crippen molar-refractivity contribution >= 4 is 20.7 Å². The van der Waals surface area contributed by atoms with Crippen molar-refractivity contribution in [1.82, 2.24) is 0 Å². The van der Waals surface area contributed by atoms with Gasteiger partial charge in [-0.15, -0.1) is 0 Å². The van der Waals surface area contributed by atoms with Gasteiger partial charge in [-0.3, -0.25) is 0 Å². The summed E-state index contributed by atoms with van der Waals surface area (Å²) in [6.45, 7) is 1.47. The molecule has 5 heavy (non-hydrogen) atoms. The van der Waals surface area contributed by atoms with Gasteiger partial charge in [0.15, 0.2) is 0 Å². The molecule has 0 unspecified atom stereocenters. The average molecular weight is 319 g/mol. The molecule has 0 atom stereocenters. The molecule has 0 fully saturated rings. The molecule has 1 nitrogen and oxygen atoms in total. The molecule has 0 amide bonds. The minimum absolute atomic E-state index is 0. The van der Waals surface area contributed by atoms with Crippen LogP contribution in [0.4, 0.5) is 0 Å². The van der Waals surface area contributed by atoms with Crippen molar-refractivity contribution in [2.24, 2.45) is 0 Å². The second kappa shape index (κ2) is 4.93. The molecule has 0 aromatic carbocycles. The summed E-state index contributed by atoms with van der Waals surface area (Å²) in [6.07, 6.45) is 0. The Morgan fingerprint density at radius 2 is 1.80 bits per heavy atom. The largest absolute Gasteiger partial charge is 0 e. The van der Waals surface area contributed by atoms with Gasteiger partial charge in [0.05, 0.1) is 0 Å². The Morgan fingerprint density at radius 3 is 1.80 bits per heavy atom. The molecule has 3 heteroatoms. The van der Waals surface area contributed by atoms with E-state index in [1.807, 2.05) is 0 Å². The van der Waals surface area contributed by atoms with Gasteiger partial charge in [0, 0.05) is 22.4 Å². The van der Waals surface area contributed by atoms with Gasteiger partial charge in [0.1, 0.15) is 0 Å². The zero-order chi connectivity index (χ0) is 3.58. The fourth-order valence-electron chi connectivity index (χ4n) is 0. The summed E-state index contributed by atoms with van der Waals surface area (Å²) in [7, 11) is 0. The SMILES string of the molecule is CC(=O)[Se].[Au]. The molecular formula is C2H3AuOSe. The Labute approximate surface area is 54.8 Å². The topological polar surface area (TPSA) is 17.1 Å². The summed E-state index contributed by atoms with van der Waals surface area (Å²) < 4.78 is 0.0417. The van der Waals surface area contributed by atoms with Crippen molar-refractivity contribution < 1.29 is 27.2 Å². The molecule has 34 valence electrons. The van der Waals surface area contributed by atoms with E-state index < -0.39 is 0 Å². The standard InChI is InChI=1S/C2H3OSe.Au/c1-2(3)4;/h1H3;. The number of rotatable bonds is 0. The normalized spacial score (nSPS) is 5.00. The molecule has 0 N–H and O–H groups in total. The Balaban J connectivity index is 0. The molecule has 0 aliphatic heterocycles. The van der Waals surface area contributed by atoms with E-state index in [-0.39, 0.29) is 27.1 Å². The summed E-state index contributed by atoms with van der Waals surface area (Å²) in [5.74, 6) is 0. The maximum atomic E-state index is 9.39. The number of hydrogen-bond acceptors (Lipinski definition) is 1. The predicted octanol–water partition coefficient (Wildman–Crippen LogP) is -0.301. The first kappa shape index (κ1) is 9.33. The molecule has 0 aliphatic rings. The zero-order valence-electron chi connectivity index (χ0n) is 2.62. The molecule has 0 aromatic heterocycles. The van der Waals surface area contributed by atoms with Crippen LogP contribution in [-0.2, 0) is 27.2 Å². The minimum atomic E-state index is 0. The third kappa shape index (κ3) is 49.0. The van der Waals surface area contributed by atoms with Crippen molar-refractivity contribution in [2.75, 3.05) is 0 Å². The Kier molecular flexibility index (Phi) is 9.20. The van der Waals surface area contributed by atoms with Crippen molar-refractivity contribution in [3.05, 3.63) is 0 Å². The van der Waals surface area contributed by atoms with Gasteiger partial charge in [0.25, 0.3) is 0 Å². The summed E-state index contributed by atoms with van der Waals surface area (Å²) in [5, 5.41) is 0. The second-order valence-corrected chi connectivity index (χ2v) is 1.70. The van der Waals surface area contributed by atoms with Crippen LogP contribution < -0.4 is 0 Å². The van der Waals surface area contributed by atoms with E-state index in [0.717, 1.165) is 0 Å². The summed E-state index contributed by atoms with van der Waals surface area (Å²) >= 11 is 2.26. The van der Waals surface area contributed by atoms with Crippen LogP contribution in [0.1, 0.15) is 6.92 Å². The Hall–Kier alpha value is 0.930. The molecule has 0 aliphatic carbocycles. The first-order valence-electron chi connectivity index (χ1n) is 0.908. The van der Waals surface area contributed by atoms with E-state index in [0.29, 0.717) is 0 Å². The van der Waals surface area contributed by atoms with Gasteiger partial charge >= 0.3 is 32.4 Å². The summed E-state index contributed by atoms with van der Waals surface area (Å²) in [6, 6.07) is 0. The molecule has 0 saturated heterocycles. The van der Waals surface area contributed by atoms with Gasteiger partial charge in [-0.2, -0.15) is 0 Å². The van der Waals surface area contributed by atoms with E-state index in [4.69, 9.17) is 0 Å². The minimum Gasteiger partial charge on any atom is 0 e. The maximum Gasteiger partial charge on any atom is 0 e. The third-order valence-corrected chi connectivity index (χ3v) is 0. The van der Waals surface area contributed by atoms with E-state index in [2.05, 4.69) is 16.0 Å². The van der Waals surface area contributed by atoms with Crippen molar-refractivity contribution in [2.45, 2.75) is 6.92 Å². The first-order valence-corrected chi connectivity index (χ1v) is 1.76. The Morgan fingerprint density at radius 1 is 1.80 bits per heavy atom. The van der Waals surface area contributed by atoms with Crippen LogP contribution in [0.5, 0.6) is 0 Å². The molecule has 2 radical (unpaired) electrons. The number of carbonyl (C=O) groups excluding carboxylic acids is 1. The Bertz CT molecular complexity index is 32.6. The van der Waals surface area contributed by atoms with Gasteiger partial charge in [-0.1, -0.05) is 0 Å². The zero-order valence-corrected chi connectivity index (χ0v) is 6.50. The van der Waals surface area contributed by atoms with Crippen molar-refractivity contribution in [3.63, 3.8) is 0 Å². The van der Waals surface area contributed by atoms with Crippen LogP contribution >= 0.6 is 0 Å². The van der Waals surface area contributed by atoms with E-state index in [1.165, 1.54) is 6.92 Å². The molecule has 0 spiro atoms. The third-order valence-electron chi connectivity index (χ3n) is 0. The van der Waals surface area contributed by atoms with Crippen molar-refractivity contribution in [3.8, 4) is 0 Å². The second-order valence-electron chi connectivity index (χ2n) is 0.492. The smallest absolute Gasteiger partial charge is 0 e. The van der Waals surface area contributed by atoms with E-state index >= 15 is 0 Å². The van der Waals surface area contributed by atoms with Crippen LogP contribution in [0.2, 0.25) is 0 Å². The molecular weight excluding hydrogens is 316 g/mol. The van der Waals surface area contributed by atoms with Crippen LogP contribution in [-0.4, -0.2) is 20.7 Å². The van der Waals surface area contributed by atoms with Gasteiger partial charge in [0.2, 0.25) is 0 Å². The monoisotopic (exact) mass is 320 g/mol. The quantitative estimate of drug-likeness (QED) is 0.561. The van der Waals surface area contributed by atoms with Gasteiger partial charge in [-0.25, -0.2) is 0 Å². The molecule has 0 bridgehead atoms. The first-order chi connectivity index (χ1) is 1.73. The van der Waals surface area contributed by atoms with E-state index in [9.17, 15) is 4.79 Å². The number of carbonyl (C=O) groups is 1. The van der Waals surface area contributed by atoms with Gasteiger partial charge < -0.3 is 0 Å². The fourth-order valence-corrected chi connectivity index (χ4v) is 0. The van der Waals surface area contributed by atoms with E-state index in [1.54, 1.807) is 0 Å². The van der Waals surface area contributed by atoms with Crippen LogP contribution in [0, 0.1) is 0 Å². The van der Waals surface area contributed by atoms with Crippen LogP contribution in [0.15, 0.2) is 0 Å². The van der Waals surface area contributed by atoms with Crippen LogP contribution in [0.25, 0.3) is 0 Å². The predicted molar refractivity (Wildman–Crippen MR) is 16.4 cm³/mol. The summed E-state index contributed by atoms with van der Waals surface area (Å²) in [4.78, 5) is 9.39. The van der Waals surface area contributed by atoms with Gasteiger partial charge in [-0.05, 0) is 0 Å². The molecule has 0 saturated carbocycles. The molecule has 0 heterocycles. The average Bonchev–Trinajstić information content (AvgIpc) is 0.811. The number of hydrogen-bond donors (Lipinski definition) is 0. The maximum absolute atomic E-state index is 9.39. The summed E-state index contributed by atoms with van der Waals surface area (Å²) in [5.41, 5.74) is 0. The van der Waals surface area contributed by atoms with Crippen LogP contribution in [0.3, 0.4) is 0 Å². The van der Waals surface area contributed by atoms with Crippen molar-refractivity contribution in [1.29, 1.82) is 0 Å². The molecule has 0 rings (SSSR count). The molecule has 0 aromatic rings. The fraction of sp³-hybridized carbons (Fsp3) is 0.500.